The first-order valence-electron chi connectivity index (χ1n) is 10.9. The van der Waals surface area contributed by atoms with E-state index < -0.39 is 0 Å². The molecule has 0 bridgehead atoms. The first-order chi connectivity index (χ1) is 15.6. The van der Waals surface area contributed by atoms with Crippen LogP contribution in [0.5, 0.6) is 5.75 Å². The highest BCUT2D eigenvalue weighted by Crippen LogP contribution is 2.37. The van der Waals surface area contributed by atoms with Crippen LogP contribution in [0, 0.1) is 0 Å². The molecule has 4 heterocycles. The Morgan fingerprint density at radius 2 is 1.91 bits per heavy atom. The number of hydrogen-bond acceptors (Lipinski definition) is 6. The summed E-state index contributed by atoms with van der Waals surface area (Å²) in [4.78, 5) is 33.6. The number of aromatic nitrogens is 2. The fourth-order valence-electron chi connectivity index (χ4n) is 4.56. The van der Waals surface area contributed by atoms with Crippen molar-refractivity contribution < 1.29 is 19.1 Å². The topological polar surface area (TPSA) is 76.9 Å². The van der Waals surface area contributed by atoms with Gasteiger partial charge in [0.2, 0.25) is 0 Å². The van der Waals surface area contributed by atoms with Crippen molar-refractivity contribution in [1.29, 1.82) is 0 Å². The van der Waals surface area contributed by atoms with Crippen molar-refractivity contribution in [3.05, 3.63) is 47.8 Å². The summed E-state index contributed by atoms with van der Waals surface area (Å²) in [6.07, 6.45) is 6.70. The Labute approximate surface area is 186 Å². The van der Waals surface area contributed by atoms with Gasteiger partial charge in [-0.25, -0.2) is 9.78 Å². The molecule has 1 saturated heterocycles. The van der Waals surface area contributed by atoms with Crippen molar-refractivity contribution in [3.63, 3.8) is 0 Å². The van der Waals surface area contributed by atoms with Crippen molar-refractivity contribution in [2.24, 2.45) is 7.05 Å². The Bertz CT molecular complexity index is 1200. The molecule has 166 valence electrons. The molecule has 5 rings (SSSR count). The van der Waals surface area contributed by atoms with Crippen LogP contribution in [0.1, 0.15) is 40.0 Å². The van der Waals surface area contributed by atoms with Crippen LogP contribution >= 0.6 is 0 Å². The molecular formula is C24H26N4O4. The van der Waals surface area contributed by atoms with E-state index in [-0.39, 0.29) is 11.9 Å². The lowest BCUT2D eigenvalue weighted by Gasteiger charge is -2.31. The van der Waals surface area contributed by atoms with Gasteiger partial charge in [0.05, 0.1) is 30.3 Å². The average Bonchev–Trinajstić information content (AvgIpc) is 3.18. The van der Waals surface area contributed by atoms with Crippen LogP contribution in [0.2, 0.25) is 0 Å². The molecule has 8 heteroatoms. The maximum atomic E-state index is 12.9. The number of fused-ring (bicyclic) bond motifs is 2. The number of ether oxygens (including phenoxy) is 2. The molecule has 2 aliphatic rings. The van der Waals surface area contributed by atoms with Crippen LogP contribution in [0.15, 0.2) is 36.7 Å². The van der Waals surface area contributed by atoms with E-state index in [2.05, 4.69) is 9.88 Å². The molecule has 1 fully saturated rings. The summed E-state index contributed by atoms with van der Waals surface area (Å²) in [5, 5.41) is 0.840. The summed E-state index contributed by atoms with van der Waals surface area (Å²) < 4.78 is 12.7. The molecular weight excluding hydrogens is 408 g/mol. The molecule has 32 heavy (non-hydrogen) atoms. The minimum Gasteiger partial charge on any atom is -0.488 e. The molecule has 2 aliphatic heterocycles. The van der Waals surface area contributed by atoms with Crippen LogP contribution in [-0.4, -0.2) is 59.7 Å². The normalized spacial score (nSPS) is 15.9. The van der Waals surface area contributed by atoms with Crippen LogP contribution in [0.4, 0.5) is 11.5 Å². The number of amides is 1. The Hall–Kier alpha value is -3.55. The number of benzene rings is 1. The van der Waals surface area contributed by atoms with Gasteiger partial charge in [0.25, 0.3) is 5.91 Å². The maximum Gasteiger partial charge on any atom is 0.340 e. The van der Waals surface area contributed by atoms with Gasteiger partial charge in [-0.2, -0.15) is 0 Å². The summed E-state index contributed by atoms with van der Waals surface area (Å²) in [6, 6.07) is 7.74. The van der Waals surface area contributed by atoms with Gasteiger partial charge in [0.1, 0.15) is 6.61 Å². The standard InChI is InChI=1S/C24H26N4O4/c1-26-15-19(24(30)31-2)18-7-6-17(13-20(18)26)28-10-11-32-21-12-16(14-25-22(21)28)23(29)27-8-4-3-5-9-27/h6-7,12-15H,3-5,8-11H2,1-2H3. The Morgan fingerprint density at radius 3 is 2.69 bits per heavy atom. The summed E-state index contributed by atoms with van der Waals surface area (Å²) in [5.41, 5.74) is 2.97. The molecule has 0 N–H and O–H groups in total. The molecule has 1 amide bonds. The first-order valence-corrected chi connectivity index (χ1v) is 10.9. The average molecular weight is 434 g/mol. The van der Waals surface area contributed by atoms with Crippen LogP contribution in [0.25, 0.3) is 10.9 Å². The van der Waals surface area contributed by atoms with E-state index in [0.717, 1.165) is 42.5 Å². The van der Waals surface area contributed by atoms with Gasteiger partial charge in [-0.3, -0.25) is 4.79 Å². The molecule has 0 aliphatic carbocycles. The third kappa shape index (κ3) is 3.45. The van der Waals surface area contributed by atoms with Gasteiger partial charge < -0.3 is 23.8 Å². The highest BCUT2D eigenvalue weighted by atomic mass is 16.5. The fraction of sp³-hybridized carbons (Fsp3) is 0.375. The number of nitrogens with zero attached hydrogens (tertiary/aromatic N) is 4. The molecule has 0 radical (unpaired) electrons. The molecule has 2 aromatic heterocycles. The quantitative estimate of drug-likeness (QED) is 0.587. The molecule has 8 nitrogen and oxygen atoms in total. The van der Waals surface area contributed by atoms with Crippen molar-refractivity contribution in [3.8, 4) is 5.75 Å². The highest BCUT2D eigenvalue weighted by molar-refractivity contribution is 6.05. The number of methoxy groups -OCH3 is 1. The molecule has 0 saturated carbocycles. The van der Waals surface area contributed by atoms with Crippen molar-refractivity contribution in [2.75, 3.05) is 38.3 Å². The Morgan fingerprint density at radius 1 is 1.09 bits per heavy atom. The number of hydrogen-bond donors (Lipinski definition) is 0. The van der Waals surface area contributed by atoms with Crippen molar-refractivity contribution in [1.82, 2.24) is 14.5 Å². The van der Waals surface area contributed by atoms with Gasteiger partial charge in [-0.05, 0) is 43.5 Å². The first kappa shape index (κ1) is 20.4. The van der Waals surface area contributed by atoms with Gasteiger partial charge in [-0.1, -0.05) is 0 Å². The second-order valence-corrected chi connectivity index (χ2v) is 8.25. The van der Waals surface area contributed by atoms with Crippen LogP contribution < -0.4 is 9.64 Å². The SMILES string of the molecule is COC(=O)c1cn(C)c2cc(N3CCOc4cc(C(=O)N5CCCCC5)cnc43)ccc12. The van der Waals surface area contributed by atoms with E-state index in [1.54, 1.807) is 12.4 Å². The molecule has 3 aromatic rings. The number of anilines is 2. The molecule has 0 spiro atoms. The highest BCUT2D eigenvalue weighted by Gasteiger charge is 2.26. The predicted molar refractivity (Wildman–Crippen MR) is 121 cm³/mol. The lowest BCUT2D eigenvalue weighted by atomic mass is 10.1. The minimum absolute atomic E-state index is 0.0151. The van der Waals surface area contributed by atoms with E-state index >= 15 is 0 Å². The van der Waals surface area contributed by atoms with Gasteiger partial charge in [0, 0.05) is 43.6 Å². The number of rotatable bonds is 3. The van der Waals surface area contributed by atoms with Crippen LogP contribution in [-0.2, 0) is 11.8 Å². The second-order valence-electron chi connectivity index (χ2n) is 8.25. The third-order valence-electron chi connectivity index (χ3n) is 6.24. The minimum atomic E-state index is -0.354. The van der Waals surface area contributed by atoms with E-state index in [4.69, 9.17) is 9.47 Å². The second kappa shape index (κ2) is 8.18. The molecule has 1 aromatic carbocycles. The Balaban J connectivity index is 1.47. The lowest BCUT2D eigenvalue weighted by Crippen LogP contribution is -2.36. The number of carbonyl (C=O) groups excluding carboxylic acids is 2. The van der Waals surface area contributed by atoms with Gasteiger partial charge >= 0.3 is 5.97 Å². The van der Waals surface area contributed by atoms with E-state index in [1.807, 2.05) is 40.8 Å². The summed E-state index contributed by atoms with van der Waals surface area (Å²) >= 11 is 0. The zero-order valence-electron chi connectivity index (χ0n) is 18.3. The maximum absolute atomic E-state index is 12.9. The van der Waals surface area contributed by atoms with Crippen molar-refractivity contribution >= 4 is 34.3 Å². The molecule has 0 unspecified atom stereocenters. The van der Waals surface area contributed by atoms with Gasteiger partial charge in [0.15, 0.2) is 11.6 Å². The fourth-order valence-corrected chi connectivity index (χ4v) is 4.56. The predicted octanol–water partition coefficient (Wildman–Crippen LogP) is 3.52. The number of likely N-dealkylation sites (tertiary alicyclic amines) is 1. The number of carbonyl (C=O) groups is 2. The number of esters is 1. The summed E-state index contributed by atoms with van der Waals surface area (Å²) in [6.45, 7) is 2.73. The number of pyridine rings is 1. The number of piperidine rings is 1. The monoisotopic (exact) mass is 434 g/mol. The van der Waals surface area contributed by atoms with E-state index in [0.29, 0.717) is 35.8 Å². The van der Waals surface area contributed by atoms with E-state index in [9.17, 15) is 9.59 Å². The molecule has 0 atom stereocenters. The smallest absolute Gasteiger partial charge is 0.340 e. The van der Waals surface area contributed by atoms with Gasteiger partial charge in [-0.15, -0.1) is 0 Å². The summed E-state index contributed by atoms with van der Waals surface area (Å²) in [7, 11) is 3.29. The summed E-state index contributed by atoms with van der Waals surface area (Å²) in [5.74, 6) is 0.962. The zero-order chi connectivity index (χ0) is 22.2. The zero-order valence-corrected chi connectivity index (χ0v) is 18.3. The third-order valence-corrected chi connectivity index (χ3v) is 6.24. The van der Waals surface area contributed by atoms with Crippen LogP contribution in [0.3, 0.4) is 0 Å². The van der Waals surface area contributed by atoms with E-state index in [1.165, 1.54) is 13.5 Å². The lowest BCUT2D eigenvalue weighted by molar-refractivity contribution is 0.0602. The number of aryl methyl sites for hydroxylation is 1. The Kier molecular flexibility index (Phi) is 5.20. The van der Waals surface area contributed by atoms with Crippen molar-refractivity contribution in [2.45, 2.75) is 19.3 Å². The largest absolute Gasteiger partial charge is 0.488 e.